The van der Waals surface area contributed by atoms with Gasteiger partial charge < -0.3 is 19.7 Å². The predicted molar refractivity (Wildman–Crippen MR) is 135 cm³/mol. The maximum absolute atomic E-state index is 13.4. The highest BCUT2D eigenvalue weighted by Gasteiger charge is 2.60. The van der Waals surface area contributed by atoms with E-state index >= 15 is 0 Å². The normalized spacial score (nSPS) is 36.7. The van der Waals surface area contributed by atoms with Crippen molar-refractivity contribution >= 4 is 23.2 Å². The second kappa shape index (κ2) is 11.2. The van der Waals surface area contributed by atoms with E-state index in [1.54, 1.807) is 27.7 Å². The lowest BCUT2D eigenvalue weighted by molar-refractivity contribution is -0.579. The van der Waals surface area contributed by atoms with Crippen molar-refractivity contribution in [1.82, 2.24) is 4.98 Å². The number of carbonyl (C=O) groups excluding carboxylic acids is 1. The van der Waals surface area contributed by atoms with E-state index in [0.717, 1.165) is 21.0 Å². The molecule has 2 aliphatic heterocycles. The van der Waals surface area contributed by atoms with Gasteiger partial charge in [0.1, 0.15) is 18.0 Å². The number of aryl methyl sites for hydroxylation is 1. The summed E-state index contributed by atoms with van der Waals surface area (Å²) in [6, 6.07) is 1.58. The molecule has 36 heavy (non-hydrogen) atoms. The van der Waals surface area contributed by atoms with Crippen LogP contribution in [0.3, 0.4) is 0 Å². The molecule has 0 amide bonds. The number of nitrogens with zero attached hydrogens (tertiary/aromatic N) is 3. The van der Waals surface area contributed by atoms with Crippen LogP contribution >= 0.6 is 11.3 Å². The van der Waals surface area contributed by atoms with E-state index in [2.05, 4.69) is 11.1 Å². The highest BCUT2D eigenvalue weighted by molar-refractivity contribution is 7.09. The summed E-state index contributed by atoms with van der Waals surface area (Å²) in [5.74, 6) is -1.38. The second-order valence-electron chi connectivity index (χ2n) is 10.8. The van der Waals surface area contributed by atoms with Crippen LogP contribution in [0.5, 0.6) is 0 Å². The van der Waals surface area contributed by atoms with Crippen LogP contribution in [0.15, 0.2) is 11.0 Å². The van der Waals surface area contributed by atoms with E-state index in [-0.39, 0.29) is 44.3 Å². The molecule has 7 atom stereocenters. The fraction of sp³-hybridized carbons (Fsp3) is 0.731. The van der Waals surface area contributed by atoms with E-state index in [4.69, 9.17) is 9.47 Å². The molecule has 0 unspecified atom stereocenters. The minimum Gasteiger partial charge on any atom is -0.392 e. The van der Waals surface area contributed by atoms with E-state index in [0.29, 0.717) is 0 Å². The highest BCUT2D eigenvalue weighted by Crippen LogP contribution is 2.41. The number of Topliss-reactive ketones (excluding diaryl/α,β-unsaturated/α-hetero) is 1. The van der Waals surface area contributed by atoms with Gasteiger partial charge in [-0.3, -0.25) is 4.79 Å². The maximum Gasteiger partial charge on any atom is 0.225 e. The largest absolute Gasteiger partial charge is 0.392 e. The summed E-state index contributed by atoms with van der Waals surface area (Å²) >= 11 is 1.52. The number of ether oxygens (including phenoxy) is 2. The molecule has 198 valence electrons. The van der Waals surface area contributed by atoms with E-state index in [1.807, 2.05) is 25.3 Å². The number of aliphatic hydroxyl groups is 2. The van der Waals surface area contributed by atoms with Crippen LogP contribution in [0, 0.1) is 40.4 Å². The molecule has 0 spiro atoms. The van der Waals surface area contributed by atoms with Crippen LogP contribution < -0.4 is 0 Å². The summed E-state index contributed by atoms with van der Waals surface area (Å²) < 4.78 is 12.4. The van der Waals surface area contributed by atoms with Crippen molar-refractivity contribution in [2.75, 3.05) is 19.8 Å². The molecule has 3 heterocycles. The molecule has 2 fully saturated rings. The molecule has 0 saturated carbocycles. The molecule has 2 aliphatic rings. The number of nitroso groups, excluding NO2 is 1. The molecule has 9 nitrogen and oxygen atoms in total. The fourth-order valence-electron chi connectivity index (χ4n) is 4.89. The number of nitriles is 1. The second-order valence-corrected chi connectivity index (χ2v) is 11.9. The van der Waals surface area contributed by atoms with Crippen molar-refractivity contribution in [2.45, 2.75) is 84.3 Å². The molecule has 0 bridgehead atoms. The minimum atomic E-state index is -1.15. The lowest BCUT2D eigenvalue weighted by Gasteiger charge is -2.34. The number of rotatable bonds is 2. The lowest BCUT2D eigenvalue weighted by atomic mass is 9.73. The van der Waals surface area contributed by atoms with Gasteiger partial charge >= 0.3 is 0 Å². The van der Waals surface area contributed by atoms with Gasteiger partial charge in [0.05, 0.1) is 36.1 Å². The Bertz CT molecular complexity index is 1050. The van der Waals surface area contributed by atoms with E-state index in [9.17, 15) is 25.2 Å². The number of aromatic nitrogens is 1. The third-order valence-corrected chi connectivity index (χ3v) is 8.42. The van der Waals surface area contributed by atoms with Gasteiger partial charge in [0.15, 0.2) is 6.54 Å². The molecule has 0 radical (unpaired) electrons. The van der Waals surface area contributed by atoms with Crippen molar-refractivity contribution in [2.24, 2.45) is 17.3 Å². The summed E-state index contributed by atoms with van der Waals surface area (Å²) in [4.78, 5) is 31.0. The zero-order chi connectivity index (χ0) is 26.8. The van der Waals surface area contributed by atoms with Crippen LogP contribution in [0.4, 0.5) is 0 Å². The Balaban J connectivity index is 1.89. The first kappa shape index (κ1) is 28.5. The average molecular weight is 521 g/mol. The number of carbonyl (C=O) groups is 1. The Morgan fingerprint density at radius 3 is 2.67 bits per heavy atom. The molecular weight excluding hydrogens is 482 g/mol. The molecule has 3 rings (SSSR count). The molecule has 1 aromatic rings. The summed E-state index contributed by atoms with van der Waals surface area (Å²) in [5.41, 5.74) is -0.765. The monoisotopic (exact) mass is 520 g/mol. The van der Waals surface area contributed by atoms with E-state index in [1.165, 1.54) is 11.3 Å². The quantitative estimate of drug-likeness (QED) is 0.449. The van der Waals surface area contributed by atoms with Crippen molar-refractivity contribution in [1.29, 1.82) is 5.26 Å². The topological polar surface area (TPSA) is 136 Å². The summed E-state index contributed by atoms with van der Waals surface area (Å²) in [6.07, 6.45) is -0.318. The smallest absolute Gasteiger partial charge is 0.225 e. The number of hydrogen-bond acceptors (Lipinski definition) is 9. The predicted octanol–water partition coefficient (Wildman–Crippen LogP) is 3.06. The summed E-state index contributed by atoms with van der Waals surface area (Å²) in [6.45, 7) is 10.6. The first-order chi connectivity index (χ1) is 16.8. The standard InChI is InChI=1S/C26H38N3O6S/c1-15(9-19-12-36-18(4)28-19)20-10-22-26(13-27,35-22)14-34-11-16(2)23(31)17(3)24(32)25(5,6)21(30)7-8-29(20)33/h9,12,16-17,20-23,30-31H,7-8,10-11,14H2,1-6H3/q+1/t16-,17+,20-,21-,22-,23-,26-/m0/s1. The SMILES string of the molecule is CC(=Cc1csc(C)n1)[C@@H]1C[C@@H]2O[C@@]2(C#N)COC[C@H](C)[C@H](O)[C@@H](C)C(=O)C(C)(C)[C@@H](O)CC[N+]1=O. The Morgan fingerprint density at radius 1 is 1.36 bits per heavy atom. The van der Waals surface area contributed by atoms with Gasteiger partial charge in [0, 0.05) is 50.7 Å². The number of ketones is 1. The maximum atomic E-state index is 13.4. The fourth-order valence-corrected chi connectivity index (χ4v) is 5.46. The number of thiazole rings is 1. The molecule has 0 aliphatic carbocycles. The van der Waals surface area contributed by atoms with Crippen molar-refractivity contribution < 1.29 is 29.2 Å². The number of aliphatic hydroxyl groups excluding tert-OH is 2. The Kier molecular flexibility index (Phi) is 8.84. The van der Waals surface area contributed by atoms with Crippen molar-refractivity contribution in [3.05, 3.63) is 26.6 Å². The van der Waals surface area contributed by atoms with Crippen LogP contribution in [-0.4, -0.2) is 75.5 Å². The molecular formula is C26H38N3O6S+. The zero-order valence-electron chi connectivity index (χ0n) is 21.9. The number of fused-ring (bicyclic) bond motifs is 1. The Labute approximate surface area is 216 Å². The average Bonchev–Trinajstić information content (AvgIpc) is 3.38. The molecule has 1 aromatic heterocycles. The van der Waals surface area contributed by atoms with Gasteiger partial charge in [-0.05, 0) is 19.9 Å². The van der Waals surface area contributed by atoms with Gasteiger partial charge in [0.25, 0.3) is 0 Å². The van der Waals surface area contributed by atoms with Crippen LogP contribution in [0.25, 0.3) is 6.08 Å². The first-order valence-corrected chi connectivity index (χ1v) is 13.3. The van der Waals surface area contributed by atoms with Gasteiger partial charge in [-0.2, -0.15) is 5.26 Å². The highest BCUT2D eigenvalue weighted by atomic mass is 32.1. The third-order valence-electron chi connectivity index (χ3n) is 7.62. The summed E-state index contributed by atoms with van der Waals surface area (Å²) in [5, 5.41) is 34.3. The van der Waals surface area contributed by atoms with Crippen LogP contribution in [0.1, 0.15) is 58.2 Å². The Morgan fingerprint density at radius 2 is 2.06 bits per heavy atom. The molecule has 0 aromatic carbocycles. The van der Waals surface area contributed by atoms with Gasteiger partial charge in [-0.15, -0.1) is 11.3 Å². The van der Waals surface area contributed by atoms with Gasteiger partial charge in [-0.25, -0.2) is 4.98 Å². The minimum absolute atomic E-state index is 0.0113. The van der Waals surface area contributed by atoms with Crippen LogP contribution in [-0.2, 0) is 14.3 Å². The third kappa shape index (κ3) is 6.09. The number of epoxide rings is 1. The Hall–Kier alpha value is -2.03. The van der Waals surface area contributed by atoms with Gasteiger partial charge in [-0.1, -0.05) is 27.7 Å². The van der Waals surface area contributed by atoms with Crippen molar-refractivity contribution in [3.63, 3.8) is 0 Å². The molecule has 2 N–H and O–H groups in total. The number of hydrogen-bond donors (Lipinski definition) is 2. The van der Waals surface area contributed by atoms with Gasteiger partial charge in [0.2, 0.25) is 11.6 Å². The van der Waals surface area contributed by atoms with Crippen molar-refractivity contribution in [3.8, 4) is 6.07 Å². The zero-order valence-corrected chi connectivity index (χ0v) is 22.7. The first-order valence-electron chi connectivity index (χ1n) is 12.4. The summed E-state index contributed by atoms with van der Waals surface area (Å²) in [7, 11) is 0. The molecule has 2 saturated heterocycles. The molecule has 10 heteroatoms. The van der Waals surface area contributed by atoms with Crippen LogP contribution in [0.2, 0.25) is 0 Å². The lowest BCUT2D eigenvalue weighted by Crippen LogP contribution is -2.46. The van der Waals surface area contributed by atoms with E-state index < -0.39 is 41.3 Å².